The van der Waals surface area contributed by atoms with E-state index in [0.717, 1.165) is 19.4 Å². The minimum Gasteiger partial charge on any atom is -0.376 e. The highest BCUT2D eigenvalue weighted by Crippen LogP contribution is 2.26. The van der Waals surface area contributed by atoms with Gasteiger partial charge in [-0.05, 0) is 55.7 Å². The van der Waals surface area contributed by atoms with E-state index in [1.807, 2.05) is 0 Å². The smallest absolute Gasteiger partial charge is 0.264 e. The molecule has 0 unspecified atom stereocenters. The van der Waals surface area contributed by atoms with Crippen molar-refractivity contribution in [2.45, 2.75) is 30.8 Å². The first-order valence-electron chi connectivity index (χ1n) is 8.94. The number of nitrogens with zero attached hydrogens (tertiary/aromatic N) is 1. The van der Waals surface area contributed by atoms with E-state index >= 15 is 0 Å². The molecule has 2 aromatic carbocycles. The van der Waals surface area contributed by atoms with Gasteiger partial charge < -0.3 is 10.1 Å². The van der Waals surface area contributed by atoms with Crippen molar-refractivity contribution in [2.24, 2.45) is 0 Å². The zero-order valence-electron chi connectivity index (χ0n) is 15.5. The second-order valence-electron chi connectivity index (χ2n) is 6.63. The van der Waals surface area contributed by atoms with E-state index in [0.29, 0.717) is 23.4 Å². The Labute approximate surface area is 160 Å². The van der Waals surface area contributed by atoms with Crippen LogP contribution in [-0.4, -0.2) is 40.6 Å². The molecule has 1 saturated heterocycles. The molecule has 7 heteroatoms. The molecule has 1 N–H and O–H groups in total. The number of hydrogen-bond acceptors (Lipinski definition) is 4. The number of carbonyl (C=O) groups is 1. The molecular formula is C20H24N2O4S. The van der Waals surface area contributed by atoms with Crippen LogP contribution in [0.1, 0.15) is 28.8 Å². The molecule has 1 atom stereocenters. The molecule has 0 bridgehead atoms. The molecular weight excluding hydrogens is 364 g/mol. The zero-order valence-corrected chi connectivity index (χ0v) is 16.3. The average Bonchev–Trinajstić information content (AvgIpc) is 3.19. The lowest BCUT2D eigenvalue weighted by molar-refractivity contribution is 0.0857. The Hall–Kier alpha value is -2.38. The summed E-state index contributed by atoms with van der Waals surface area (Å²) in [5.74, 6) is -0.186. The summed E-state index contributed by atoms with van der Waals surface area (Å²) in [5.41, 5.74) is 1.75. The van der Waals surface area contributed by atoms with Gasteiger partial charge in [-0.2, -0.15) is 0 Å². The Balaban J connectivity index is 1.75. The highest BCUT2D eigenvalue weighted by molar-refractivity contribution is 7.92. The van der Waals surface area contributed by atoms with Crippen molar-refractivity contribution in [3.05, 3.63) is 59.7 Å². The minimum absolute atomic E-state index is 0.0801. The summed E-state index contributed by atoms with van der Waals surface area (Å²) in [6.45, 7) is 3.03. The van der Waals surface area contributed by atoms with Crippen LogP contribution >= 0.6 is 0 Å². The van der Waals surface area contributed by atoms with Crippen LogP contribution in [-0.2, 0) is 14.8 Å². The Morgan fingerprint density at radius 3 is 2.59 bits per heavy atom. The van der Waals surface area contributed by atoms with Gasteiger partial charge in [-0.1, -0.05) is 18.2 Å². The van der Waals surface area contributed by atoms with E-state index in [2.05, 4.69) is 5.32 Å². The fourth-order valence-corrected chi connectivity index (χ4v) is 4.43. The molecule has 0 spiro atoms. The van der Waals surface area contributed by atoms with Gasteiger partial charge in [0.2, 0.25) is 0 Å². The van der Waals surface area contributed by atoms with Gasteiger partial charge in [0.25, 0.3) is 15.9 Å². The SMILES string of the molecule is Cc1cc(C(=O)NC[C@H]2CCCO2)ccc1N(C)S(=O)(=O)c1ccccc1. The fourth-order valence-electron chi connectivity index (χ4n) is 3.14. The fraction of sp³-hybridized carbons (Fsp3) is 0.350. The van der Waals surface area contributed by atoms with E-state index in [1.54, 1.807) is 55.5 Å². The largest absolute Gasteiger partial charge is 0.376 e. The van der Waals surface area contributed by atoms with Crippen LogP contribution in [0.4, 0.5) is 5.69 Å². The number of ether oxygens (including phenoxy) is 1. The van der Waals surface area contributed by atoms with Gasteiger partial charge in [0.15, 0.2) is 0 Å². The predicted octanol–water partition coefficient (Wildman–Crippen LogP) is 2.73. The van der Waals surface area contributed by atoms with Gasteiger partial charge in [-0.15, -0.1) is 0 Å². The minimum atomic E-state index is -3.65. The summed E-state index contributed by atoms with van der Waals surface area (Å²) < 4.78 is 32.3. The van der Waals surface area contributed by atoms with Crippen molar-refractivity contribution in [3.8, 4) is 0 Å². The summed E-state index contributed by atoms with van der Waals surface area (Å²) in [4.78, 5) is 12.6. The number of carbonyl (C=O) groups excluding carboxylic acids is 1. The highest BCUT2D eigenvalue weighted by atomic mass is 32.2. The second kappa shape index (κ2) is 8.10. The number of amides is 1. The number of nitrogens with one attached hydrogen (secondary N) is 1. The Bertz CT molecular complexity index is 907. The predicted molar refractivity (Wildman–Crippen MR) is 105 cm³/mol. The second-order valence-corrected chi connectivity index (χ2v) is 8.60. The van der Waals surface area contributed by atoms with Crippen molar-refractivity contribution in [1.29, 1.82) is 0 Å². The molecule has 1 amide bonds. The molecule has 0 aromatic heterocycles. The molecule has 0 aliphatic carbocycles. The first-order valence-corrected chi connectivity index (χ1v) is 10.4. The van der Waals surface area contributed by atoms with Crippen LogP contribution in [0.5, 0.6) is 0 Å². The van der Waals surface area contributed by atoms with Gasteiger partial charge >= 0.3 is 0 Å². The molecule has 3 rings (SSSR count). The first kappa shape index (κ1) is 19.4. The number of sulfonamides is 1. The van der Waals surface area contributed by atoms with Gasteiger partial charge in [0, 0.05) is 25.8 Å². The summed E-state index contributed by atoms with van der Waals surface area (Å²) in [6.07, 6.45) is 2.06. The van der Waals surface area contributed by atoms with E-state index < -0.39 is 10.0 Å². The molecule has 0 saturated carbocycles. The van der Waals surface area contributed by atoms with Crippen LogP contribution in [0.2, 0.25) is 0 Å². The Morgan fingerprint density at radius 2 is 1.96 bits per heavy atom. The number of anilines is 1. The molecule has 2 aromatic rings. The monoisotopic (exact) mass is 388 g/mol. The quantitative estimate of drug-likeness (QED) is 0.826. The molecule has 1 aliphatic heterocycles. The molecule has 0 radical (unpaired) electrons. The lowest BCUT2D eigenvalue weighted by atomic mass is 10.1. The standard InChI is InChI=1S/C20H24N2O4S/c1-15-13-16(20(23)21-14-17-7-6-12-26-17)10-11-19(15)22(2)27(24,25)18-8-4-3-5-9-18/h3-5,8-11,13,17H,6-7,12,14H2,1-2H3,(H,21,23)/t17-/m1/s1. The van der Waals surface area contributed by atoms with Crippen LogP contribution < -0.4 is 9.62 Å². The van der Waals surface area contributed by atoms with Crippen molar-refractivity contribution in [3.63, 3.8) is 0 Å². The van der Waals surface area contributed by atoms with Crippen molar-refractivity contribution in [1.82, 2.24) is 5.32 Å². The van der Waals surface area contributed by atoms with Gasteiger partial charge in [0.1, 0.15) is 0 Å². The summed E-state index contributed by atoms with van der Waals surface area (Å²) in [7, 11) is -2.14. The molecule has 1 fully saturated rings. The number of rotatable bonds is 6. The first-order chi connectivity index (χ1) is 12.9. The lowest BCUT2D eigenvalue weighted by Crippen LogP contribution is -2.32. The number of benzene rings is 2. The molecule has 6 nitrogen and oxygen atoms in total. The summed E-state index contributed by atoms with van der Waals surface area (Å²) in [6, 6.07) is 13.3. The third kappa shape index (κ3) is 4.31. The topological polar surface area (TPSA) is 75.7 Å². The summed E-state index contributed by atoms with van der Waals surface area (Å²) in [5, 5.41) is 2.88. The molecule has 1 aliphatic rings. The lowest BCUT2D eigenvalue weighted by Gasteiger charge is -2.22. The Kier molecular flexibility index (Phi) is 5.82. The van der Waals surface area contributed by atoms with E-state index in [1.165, 1.54) is 11.4 Å². The normalized spacial score (nSPS) is 16.9. The van der Waals surface area contributed by atoms with Gasteiger partial charge in [-0.3, -0.25) is 9.10 Å². The summed E-state index contributed by atoms with van der Waals surface area (Å²) >= 11 is 0. The maximum atomic E-state index is 12.8. The number of hydrogen-bond donors (Lipinski definition) is 1. The van der Waals surface area contributed by atoms with Crippen LogP contribution in [0.3, 0.4) is 0 Å². The van der Waals surface area contributed by atoms with Crippen molar-refractivity contribution in [2.75, 3.05) is 24.5 Å². The van der Waals surface area contributed by atoms with Gasteiger partial charge in [-0.25, -0.2) is 8.42 Å². The van der Waals surface area contributed by atoms with Gasteiger partial charge in [0.05, 0.1) is 16.7 Å². The maximum absolute atomic E-state index is 12.8. The van der Waals surface area contributed by atoms with E-state index in [-0.39, 0.29) is 16.9 Å². The Morgan fingerprint density at radius 1 is 1.22 bits per heavy atom. The average molecular weight is 388 g/mol. The third-order valence-electron chi connectivity index (χ3n) is 4.71. The van der Waals surface area contributed by atoms with Crippen molar-refractivity contribution >= 4 is 21.6 Å². The molecule has 1 heterocycles. The van der Waals surface area contributed by atoms with E-state index in [9.17, 15) is 13.2 Å². The van der Waals surface area contributed by atoms with Crippen LogP contribution in [0.15, 0.2) is 53.4 Å². The maximum Gasteiger partial charge on any atom is 0.264 e. The molecule has 27 heavy (non-hydrogen) atoms. The molecule has 144 valence electrons. The third-order valence-corrected chi connectivity index (χ3v) is 6.50. The number of aryl methyl sites for hydroxylation is 1. The van der Waals surface area contributed by atoms with Crippen molar-refractivity contribution < 1.29 is 17.9 Å². The van der Waals surface area contributed by atoms with Crippen LogP contribution in [0.25, 0.3) is 0 Å². The van der Waals surface area contributed by atoms with E-state index in [4.69, 9.17) is 4.74 Å². The highest BCUT2D eigenvalue weighted by Gasteiger charge is 2.23. The van der Waals surface area contributed by atoms with Crippen LogP contribution in [0, 0.1) is 6.92 Å². The zero-order chi connectivity index (χ0) is 19.4.